The van der Waals surface area contributed by atoms with Gasteiger partial charge in [0.2, 0.25) is 5.69 Å². The van der Waals surface area contributed by atoms with E-state index in [2.05, 4.69) is 72.4 Å². The van der Waals surface area contributed by atoms with Crippen molar-refractivity contribution < 1.29 is 158 Å². The van der Waals surface area contributed by atoms with Crippen molar-refractivity contribution in [3.8, 4) is 0 Å². The molecule has 0 aromatic heterocycles. The van der Waals surface area contributed by atoms with E-state index >= 15 is 0 Å². The fourth-order valence-corrected chi connectivity index (χ4v) is 11.1. The van der Waals surface area contributed by atoms with Crippen LogP contribution in [0.1, 0.15) is 101 Å². The predicted octanol–water partition coefficient (Wildman–Crippen LogP) is -1.99. The first-order chi connectivity index (χ1) is 31.8. The molecule has 16 nitrogen and oxygen atoms in total. The molecule has 6 rings (SSSR count). The number of hydrogen-bond acceptors (Lipinski definition) is 16. The fraction of sp³-hybridized carbons (Fsp3) is 0.404. The number of nitrogens with zero attached hydrogens (tertiary/aromatic N) is 2. The monoisotopic (exact) mass is 1070 g/mol. The Hall–Kier alpha value is -1.16. The summed E-state index contributed by atoms with van der Waals surface area (Å²) in [5.41, 5.74) is 8.83. The second-order valence-electron chi connectivity index (χ2n) is 17.5. The SMILES string of the molecule is CC1(C)C(/C=C/C2=C(c3cccc(CCCC(=O)O)c3)C(=C/C=C3/N(CCCCSOO[O-])c4ccc(S(=O)(=O)[O-])cc4C3(C)C)/CC2)=[N+](CCCCS(=O)(=O)[O-])c2ccc(SOO[O-])cc21.[Na+].[Na+].[Na+]. The molecule has 3 aromatic rings. The molecule has 0 amide bonds. The van der Waals surface area contributed by atoms with E-state index in [-0.39, 0.29) is 106 Å². The van der Waals surface area contributed by atoms with Crippen LogP contribution in [-0.4, -0.2) is 71.9 Å². The average Bonchev–Trinajstić information content (AvgIpc) is 3.84. The van der Waals surface area contributed by atoms with Crippen molar-refractivity contribution in [2.45, 2.75) is 106 Å². The van der Waals surface area contributed by atoms with Crippen LogP contribution in [0.5, 0.6) is 0 Å². The first-order valence-electron chi connectivity index (χ1n) is 21.7. The first-order valence-corrected chi connectivity index (χ1v) is 26.4. The summed E-state index contributed by atoms with van der Waals surface area (Å²) in [6.07, 6.45) is 12.7. The van der Waals surface area contributed by atoms with Crippen LogP contribution in [0, 0.1) is 0 Å². The molecule has 23 heteroatoms. The van der Waals surface area contributed by atoms with Crippen molar-refractivity contribution in [2.24, 2.45) is 0 Å². The van der Waals surface area contributed by atoms with Gasteiger partial charge in [0, 0.05) is 82.3 Å². The van der Waals surface area contributed by atoms with E-state index in [0.29, 0.717) is 74.2 Å². The predicted molar refractivity (Wildman–Crippen MR) is 248 cm³/mol. The largest absolute Gasteiger partial charge is 1.00 e. The quantitative estimate of drug-likeness (QED) is 0.0194. The number of rotatable bonds is 24. The summed E-state index contributed by atoms with van der Waals surface area (Å²) < 4.78 is 82.1. The molecule has 70 heavy (non-hydrogen) atoms. The number of anilines is 1. The molecule has 3 aromatic carbocycles. The van der Waals surface area contributed by atoms with Gasteiger partial charge in [-0.2, -0.15) is 13.2 Å². The van der Waals surface area contributed by atoms with Gasteiger partial charge in [-0.15, -0.1) is 0 Å². The van der Waals surface area contributed by atoms with Gasteiger partial charge in [-0.1, -0.05) is 50.3 Å². The molecule has 2 aliphatic heterocycles. The van der Waals surface area contributed by atoms with Crippen LogP contribution in [0.15, 0.2) is 112 Å². The molecule has 0 unspecified atom stereocenters. The summed E-state index contributed by atoms with van der Waals surface area (Å²) in [6.45, 7) is 9.10. The molecule has 1 aliphatic carbocycles. The first kappa shape index (κ1) is 63.1. The molecule has 0 radical (unpaired) electrons. The summed E-state index contributed by atoms with van der Waals surface area (Å²) in [5.74, 6) is -0.835. The molecule has 0 saturated carbocycles. The molecule has 3 aliphatic rings. The Labute approximate surface area is 485 Å². The molecular weight excluding hydrogens is 1010 g/mol. The molecule has 0 bridgehead atoms. The Kier molecular flexibility index (Phi) is 25.4. The number of benzene rings is 3. The minimum absolute atomic E-state index is 0. The molecule has 2 heterocycles. The molecule has 0 spiro atoms. The van der Waals surface area contributed by atoms with E-state index in [1.807, 2.05) is 44.2 Å². The minimum atomic E-state index is -4.73. The summed E-state index contributed by atoms with van der Waals surface area (Å²) in [5, 5.41) is 37.3. The van der Waals surface area contributed by atoms with Crippen LogP contribution >= 0.6 is 24.1 Å². The number of aryl methyl sites for hydroxylation is 1. The number of unbranched alkanes of at least 4 members (excludes halogenated alkanes) is 2. The van der Waals surface area contributed by atoms with E-state index in [0.717, 1.165) is 80.3 Å². The molecule has 0 saturated heterocycles. The van der Waals surface area contributed by atoms with Crippen LogP contribution in [0.3, 0.4) is 0 Å². The summed E-state index contributed by atoms with van der Waals surface area (Å²) >= 11 is 1.69. The van der Waals surface area contributed by atoms with Crippen LogP contribution < -0.4 is 104 Å². The number of carboxylic acid groups (broad SMARTS) is 1. The molecule has 0 fully saturated rings. The third-order valence-corrected chi connectivity index (χ3v) is 15.2. The molecular formula is C47H53N2Na3O14S4. The number of allylic oxidation sites excluding steroid dienone is 8. The van der Waals surface area contributed by atoms with Gasteiger partial charge in [0.25, 0.3) is 0 Å². The third-order valence-electron chi connectivity index (χ3n) is 12.4. The second-order valence-corrected chi connectivity index (χ2v) is 22.0. The number of carbonyl (C=O) groups is 1. The fourth-order valence-electron chi connectivity index (χ4n) is 9.20. The van der Waals surface area contributed by atoms with E-state index in [1.165, 1.54) is 12.1 Å². The van der Waals surface area contributed by atoms with Crippen molar-refractivity contribution in [3.63, 3.8) is 0 Å². The third kappa shape index (κ3) is 16.2. The Morgan fingerprint density at radius 3 is 2.26 bits per heavy atom. The Morgan fingerprint density at radius 2 is 1.57 bits per heavy atom. The van der Waals surface area contributed by atoms with E-state index in [9.17, 15) is 46.4 Å². The molecule has 1 N–H and O–H groups in total. The maximum atomic E-state index is 12.2. The average molecular weight is 1070 g/mol. The van der Waals surface area contributed by atoms with Crippen molar-refractivity contribution in [2.75, 3.05) is 29.5 Å². The summed E-state index contributed by atoms with van der Waals surface area (Å²) in [4.78, 5) is 13.8. The van der Waals surface area contributed by atoms with Gasteiger partial charge in [-0.25, -0.2) is 16.8 Å². The van der Waals surface area contributed by atoms with E-state index < -0.39 is 42.8 Å². The van der Waals surface area contributed by atoms with Gasteiger partial charge in [0.05, 0.1) is 32.5 Å². The smallest absolute Gasteiger partial charge is 0.748 e. The number of fused-ring (bicyclic) bond motifs is 2. The standard InChI is InChI=1S/C47H56N2O14S4.3Na/c1-46(2)38-30-36(65-63-61-53)19-21-40(38)49(26-6-8-28-66(54,55)56)42(46)23-17-33-15-16-34(45(33)35-13-9-11-32(29-35)12-10-14-44(50)51)18-24-43-47(3,4)39-31-37(67(57,58)59)20-22-41(39)48(43)25-5-7-27-64-62-60-52;;;/h9,11,13,17-24,29-31H,5-8,10,12,14-16,25-28H2,1-4H3,(H4-,50,51,52,53,54,55,56,57,58,59);;;/q;3*+1/p-3. The molecule has 362 valence electrons. The van der Waals surface area contributed by atoms with Crippen LogP contribution in [-0.2, 0) is 61.0 Å². The summed E-state index contributed by atoms with van der Waals surface area (Å²) in [6, 6.07) is 18.2. The van der Waals surface area contributed by atoms with E-state index in [4.69, 9.17) is 0 Å². The van der Waals surface area contributed by atoms with Crippen molar-refractivity contribution >= 4 is 73.0 Å². The Morgan fingerprint density at radius 1 is 0.829 bits per heavy atom. The van der Waals surface area contributed by atoms with Crippen molar-refractivity contribution in [3.05, 3.63) is 124 Å². The van der Waals surface area contributed by atoms with Crippen molar-refractivity contribution in [1.29, 1.82) is 0 Å². The van der Waals surface area contributed by atoms with Gasteiger partial charge in [-0.05, 0) is 129 Å². The van der Waals surface area contributed by atoms with Crippen LogP contribution in [0.4, 0.5) is 11.4 Å². The number of carboxylic acids is 1. The van der Waals surface area contributed by atoms with Crippen LogP contribution in [0.2, 0.25) is 0 Å². The topological polar surface area (TPSA) is 241 Å². The Bertz CT molecular complexity index is 2730. The maximum Gasteiger partial charge on any atom is 1.00 e. The normalized spacial score (nSPS) is 17.2. The second kappa shape index (κ2) is 28.1. The van der Waals surface area contributed by atoms with Gasteiger partial charge in [0.1, 0.15) is 16.7 Å². The zero-order chi connectivity index (χ0) is 48.6. The number of hydrogen-bond donors (Lipinski definition) is 1. The van der Waals surface area contributed by atoms with Gasteiger partial charge < -0.3 is 29.6 Å². The minimum Gasteiger partial charge on any atom is -0.748 e. The zero-order valence-electron chi connectivity index (χ0n) is 40.6. The van der Waals surface area contributed by atoms with Gasteiger partial charge >= 0.3 is 94.6 Å². The van der Waals surface area contributed by atoms with Crippen LogP contribution in [0.25, 0.3) is 5.57 Å². The van der Waals surface area contributed by atoms with E-state index in [1.54, 1.807) is 12.1 Å². The Balaban J connectivity index is 0.00000432. The molecule has 0 atom stereocenters. The van der Waals surface area contributed by atoms with Gasteiger partial charge in [0.15, 0.2) is 5.71 Å². The number of aliphatic carboxylic acids is 1. The zero-order valence-corrected chi connectivity index (χ0v) is 49.8. The van der Waals surface area contributed by atoms with Crippen molar-refractivity contribution in [1.82, 2.24) is 0 Å². The van der Waals surface area contributed by atoms with Gasteiger partial charge in [-0.3, -0.25) is 14.9 Å². The maximum absolute atomic E-state index is 12.2. The summed E-state index contributed by atoms with van der Waals surface area (Å²) in [7, 11) is -9.12.